The van der Waals surface area contributed by atoms with Crippen molar-refractivity contribution in [3.05, 3.63) is 95.3 Å². The van der Waals surface area contributed by atoms with Gasteiger partial charge in [-0.15, -0.1) is 0 Å². The summed E-state index contributed by atoms with van der Waals surface area (Å²) in [5.74, 6) is -0.694. The minimum Gasteiger partial charge on any atom is -0.346 e. The summed E-state index contributed by atoms with van der Waals surface area (Å²) in [5, 5.41) is 2.81. The van der Waals surface area contributed by atoms with Crippen LogP contribution in [0.25, 0.3) is 0 Å². The second kappa shape index (κ2) is 8.45. The molecule has 3 rings (SSSR count). The topological polar surface area (TPSA) is 75.3 Å². The van der Waals surface area contributed by atoms with Gasteiger partial charge in [0.25, 0.3) is 15.9 Å². The third-order valence-electron chi connectivity index (χ3n) is 4.45. The number of carbonyl (C=O) groups excluding carboxylic acids is 1. The summed E-state index contributed by atoms with van der Waals surface area (Å²) in [6, 6.07) is 18.2. The third-order valence-corrected chi connectivity index (χ3v) is 5.85. The number of rotatable bonds is 6. The van der Waals surface area contributed by atoms with Gasteiger partial charge in [0.05, 0.1) is 10.9 Å². The van der Waals surface area contributed by atoms with E-state index in [2.05, 4.69) is 10.0 Å². The predicted octanol–water partition coefficient (Wildman–Crippen LogP) is 4.43. The van der Waals surface area contributed by atoms with E-state index in [-0.39, 0.29) is 22.7 Å². The number of amides is 1. The minimum absolute atomic E-state index is 0.0567. The molecule has 0 aromatic heterocycles. The van der Waals surface area contributed by atoms with E-state index in [1.165, 1.54) is 36.4 Å². The molecule has 0 fully saturated rings. The molecule has 7 heteroatoms. The molecule has 0 heterocycles. The van der Waals surface area contributed by atoms with Crippen molar-refractivity contribution < 1.29 is 17.6 Å². The number of hydrogen-bond acceptors (Lipinski definition) is 3. The van der Waals surface area contributed by atoms with Crippen LogP contribution in [0.15, 0.2) is 77.7 Å². The van der Waals surface area contributed by atoms with Crippen molar-refractivity contribution in [1.29, 1.82) is 0 Å². The lowest BCUT2D eigenvalue weighted by Crippen LogP contribution is -2.26. The first-order valence-electron chi connectivity index (χ1n) is 9.00. The molecule has 1 amide bonds. The SMILES string of the molecule is Cc1ccc(NS(=O)(=O)c2ccc(C(=O)N[C@@H](C)c3ccc(F)cc3)cc2)cc1. The fourth-order valence-electron chi connectivity index (χ4n) is 2.74. The van der Waals surface area contributed by atoms with E-state index in [4.69, 9.17) is 0 Å². The zero-order valence-corrected chi connectivity index (χ0v) is 16.8. The second-order valence-corrected chi connectivity index (χ2v) is 8.43. The van der Waals surface area contributed by atoms with Gasteiger partial charge in [-0.2, -0.15) is 0 Å². The Kier molecular flexibility index (Phi) is 5.98. The number of nitrogens with one attached hydrogen (secondary N) is 2. The standard InChI is InChI=1S/C22H21FN2O3S/c1-15-3-11-20(12-4-15)25-29(27,28)21-13-7-18(8-14-21)22(26)24-16(2)17-5-9-19(23)10-6-17/h3-14,16,25H,1-2H3,(H,24,26)/t16-/m0/s1. The number of aryl methyl sites for hydroxylation is 1. The number of sulfonamides is 1. The molecule has 0 bridgehead atoms. The summed E-state index contributed by atoms with van der Waals surface area (Å²) in [6.45, 7) is 3.70. The Morgan fingerprint density at radius 2 is 1.48 bits per heavy atom. The normalized spacial score (nSPS) is 12.2. The van der Waals surface area contributed by atoms with Crippen molar-refractivity contribution in [2.45, 2.75) is 24.8 Å². The van der Waals surface area contributed by atoms with Crippen LogP contribution in [0, 0.1) is 12.7 Å². The Morgan fingerprint density at radius 3 is 2.07 bits per heavy atom. The Hall–Kier alpha value is -3.19. The molecule has 3 aromatic carbocycles. The molecule has 0 saturated carbocycles. The zero-order valence-electron chi connectivity index (χ0n) is 16.0. The van der Waals surface area contributed by atoms with Gasteiger partial charge in [0.15, 0.2) is 0 Å². The van der Waals surface area contributed by atoms with Crippen molar-refractivity contribution in [2.24, 2.45) is 0 Å². The average molecular weight is 412 g/mol. The first-order chi connectivity index (χ1) is 13.7. The fraction of sp³-hybridized carbons (Fsp3) is 0.136. The van der Waals surface area contributed by atoms with Crippen molar-refractivity contribution >= 4 is 21.6 Å². The Bertz CT molecular complexity index is 1090. The van der Waals surface area contributed by atoms with Gasteiger partial charge in [-0.3, -0.25) is 9.52 Å². The highest BCUT2D eigenvalue weighted by Crippen LogP contribution is 2.18. The lowest BCUT2D eigenvalue weighted by Gasteiger charge is -2.15. The molecular weight excluding hydrogens is 391 g/mol. The average Bonchev–Trinajstić information content (AvgIpc) is 2.70. The Balaban J connectivity index is 1.69. The number of anilines is 1. The highest BCUT2D eigenvalue weighted by atomic mass is 32.2. The molecule has 2 N–H and O–H groups in total. The molecule has 0 radical (unpaired) electrons. The van der Waals surface area contributed by atoms with E-state index in [1.807, 2.05) is 19.1 Å². The number of carbonyl (C=O) groups is 1. The van der Waals surface area contributed by atoms with Crippen LogP contribution in [0.5, 0.6) is 0 Å². The summed E-state index contributed by atoms with van der Waals surface area (Å²) in [5.41, 5.74) is 2.58. The van der Waals surface area contributed by atoms with Gasteiger partial charge in [0.2, 0.25) is 0 Å². The van der Waals surface area contributed by atoms with Crippen molar-refractivity contribution in [3.63, 3.8) is 0 Å². The van der Waals surface area contributed by atoms with Crippen molar-refractivity contribution in [2.75, 3.05) is 4.72 Å². The maximum Gasteiger partial charge on any atom is 0.261 e. The van der Waals surface area contributed by atoms with Crippen LogP contribution in [-0.4, -0.2) is 14.3 Å². The monoisotopic (exact) mass is 412 g/mol. The van der Waals surface area contributed by atoms with Crippen LogP contribution in [0.3, 0.4) is 0 Å². The van der Waals surface area contributed by atoms with Crippen LogP contribution in [-0.2, 0) is 10.0 Å². The van der Waals surface area contributed by atoms with Crippen LogP contribution in [0.1, 0.15) is 34.5 Å². The van der Waals surface area contributed by atoms with Crippen LogP contribution < -0.4 is 10.0 Å². The highest BCUT2D eigenvalue weighted by Gasteiger charge is 2.16. The summed E-state index contributed by atoms with van der Waals surface area (Å²) < 4.78 is 40.6. The summed E-state index contributed by atoms with van der Waals surface area (Å²) in [4.78, 5) is 12.5. The van der Waals surface area contributed by atoms with Gasteiger partial charge >= 0.3 is 0 Å². The van der Waals surface area contributed by atoms with Crippen molar-refractivity contribution in [3.8, 4) is 0 Å². The van der Waals surface area contributed by atoms with E-state index < -0.39 is 10.0 Å². The van der Waals surface area contributed by atoms with Gasteiger partial charge in [-0.05, 0) is 67.9 Å². The molecule has 29 heavy (non-hydrogen) atoms. The lowest BCUT2D eigenvalue weighted by molar-refractivity contribution is 0.0940. The third kappa shape index (κ3) is 5.20. The van der Waals surface area contributed by atoms with E-state index in [0.717, 1.165) is 11.1 Å². The fourth-order valence-corrected chi connectivity index (χ4v) is 3.79. The number of benzene rings is 3. The van der Waals surface area contributed by atoms with Crippen LogP contribution in [0.2, 0.25) is 0 Å². The first kappa shape index (κ1) is 20.5. The molecule has 0 unspecified atom stereocenters. The maximum absolute atomic E-state index is 13.0. The zero-order chi connectivity index (χ0) is 21.0. The van der Waals surface area contributed by atoms with E-state index in [9.17, 15) is 17.6 Å². The Labute approximate surface area is 169 Å². The van der Waals surface area contributed by atoms with E-state index in [1.54, 1.807) is 31.2 Å². The molecule has 0 saturated heterocycles. The quantitative estimate of drug-likeness (QED) is 0.629. The van der Waals surface area contributed by atoms with Gasteiger partial charge in [0.1, 0.15) is 5.82 Å². The van der Waals surface area contributed by atoms with Crippen LogP contribution in [0.4, 0.5) is 10.1 Å². The molecule has 5 nitrogen and oxygen atoms in total. The van der Waals surface area contributed by atoms with Gasteiger partial charge in [-0.1, -0.05) is 29.8 Å². The molecule has 0 spiro atoms. The Morgan fingerprint density at radius 1 is 0.897 bits per heavy atom. The molecule has 150 valence electrons. The lowest BCUT2D eigenvalue weighted by atomic mass is 10.1. The molecule has 0 aliphatic rings. The molecule has 1 atom stereocenters. The number of halogens is 1. The maximum atomic E-state index is 13.0. The van der Waals surface area contributed by atoms with Gasteiger partial charge in [0, 0.05) is 11.3 Å². The second-order valence-electron chi connectivity index (χ2n) is 6.74. The van der Waals surface area contributed by atoms with Crippen molar-refractivity contribution in [1.82, 2.24) is 5.32 Å². The summed E-state index contributed by atoms with van der Waals surface area (Å²) in [7, 11) is -3.76. The first-order valence-corrected chi connectivity index (χ1v) is 10.5. The van der Waals surface area contributed by atoms with Gasteiger partial charge < -0.3 is 5.32 Å². The minimum atomic E-state index is -3.76. The molecule has 0 aliphatic carbocycles. The molecular formula is C22H21FN2O3S. The molecule has 0 aliphatic heterocycles. The summed E-state index contributed by atoms with van der Waals surface area (Å²) in [6.07, 6.45) is 0. The van der Waals surface area contributed by atoms with Gasteiger partial charge in [-0.25, -0.2) is 12.8 Å². The smallest absolute Gasteiger partial charge is 0.261 e. The van der Waals surface area contributed by atoms with E-state index in [0.29, 0.717) is 11.3 Å². The molecule has 3 aromatic rings. The predicted molar refractivity (Wildman–Crippen MR) is 111 cm³/mol. The van der Waals surface area contributed by atoms with E-state index >= 15 is 0 Å². The summed E-state index contributed by atoms with van der Waals surface area (Å²) >= 11 is 0. The highest BCUT2D eigenvalue weighted by molar-refractivity contribution is 7.92. The number of hydrogen-bond donors (Lipinski definition) is 2. The van der Waals surface area contributed by atoms with Crippen LogP contribution >= 0.6 is 0 Å². The largest absolute Gasteiger partial charge is 0.346 e.